The molecule has 0 aromatic carbocycles. The number of hydrogen-bond acceptors (Lipinski definition) is 4. The van der Waals surface area contributed by atoms with Crippen LogP contribution >= 0.6 is 0 Å². The van der Waals surface area contributed by atoms with E-state index in [9.17, 15) is 9.59 Å². The van der Waals surface area contributed by atoms with E-state index < -0.39 is 11.4 Å². The van der Waals surface area contributed by atoms with Crippen molar-refractivity contribution in [2.75, 3.05) is 0 Å². The molecule has 2 aromatic rings. The van der Waals surface area contributed by atoms with E-state index in [4.69, 9.17) is 10.4 Å². The van der Waals surface area contributed by atoms with Gasteiger partial charge in [0, 0.05) is 31.2 Å². The summed E-state index contributed by atoms with van der Waals surface area (Å²) in [7, 11) is 0. The largest absolute Gasteiger partial charge is 0.477 e. The number of carbonyl (C=O) groups is 1. The molecular formula is C13H9N3O3. The zero-order chi connectivity index (χ0) is 13.8. The average Bonchev–Trinajstić information content (AvgIpc) is 2.41. The molecule has 0 unspecified atom stereocenters. The molecule has 94 valence electrons. The Hall–Kier alpha value is -2.94. The summed E-state index contributed by atoms with van der Waals surface area (Å²) in [6.45, 7) is 0.359. The van der Waals surface area contributed by atoms with E-state index in [2.05, 4.69) is 4.98 Å². The second-order valence-electron chi connectivity index (χ2n) is 3.86. The van der Waals surface area contributed by atoms with Crippen LogP contribution in [0.1, 0.15) is 21.6 Å². The van der Waals surface area contributed by atoms with Crippen molar-refractivity contribution in [3.05, 3.63) is 63.8 Å². The molecular weight excluding hydrogens is 246 g/mol. The van der Waals surface area contributed by atoms with Gasteiger partial charge in [0.25, 0.3) is 0 Å². The average molecular weight is 255 g/mol. The maximum atomic E-state index is 11.3. The van der Waals surface area contributed by atoms with Gasteiger partial charge >= 0.3 is 5.97 Å². The number of aromatic nitrogens is 2. The van der Waals surface area contributed by atoms with Crippen LogP contribution in [0.4, 0.5) is 0 Å². The van der Waals surface area contributed by atoms with Crippen molar-refractivity contribution in [2.45, 2.75) is 6.54 Å². The molecule has 0 radical (unpaired) electrons. The first-order valence-corrected chi connectivity index (χ1v) is 5.38. The first-order chi connectivity index (χ1) is 9.10. The SMILES string of the molecule is N#Cc1cc(Cn2ccc(=O)c(C(=O)O)c2)ccn1. The van der Waals surface area contributed by atoms with Crippen molar-refractivity contribution >= 4 is 5.97 Å². The fourth-order valence-corrected chi connectivity index (χ4v) is 1.63. The monoisotopic (exact) mass is 255 g/mol. The summed E-state index contributed by atoms with van der Waals surface area (Å²) >= 11 is 0. The van der Waals surface area contributed by atoms with Gasteiger partial charge in [0.05, 0.1) is 0 Å². The first-order valence-electron chi connectivity index (χ1n) is 5.38. The van der Waals surface area contributed by atoms with Gasteiger partial charge in [-0.2, -0.15) is 5.26 Å². The minimum absolute atomic E-state index is 0.280. The molecule has 0 atom stereocenters. The van der Waals surface area contributed by atoms with Crippen molar-refractivity contribution in [2.24, 2.45) is 0 Å². The number of carboxylic acids is 1. The summed E-state index contributed by atoms with van der Waals surface area (Å²) in [6, 6.07) is 6.46. The highest BCUT2D eigenvalue weighted by atomic mass is 16.4. The normalized spacial score (nSPS) is 9.84. The van der Waals surface area contributed by atoms with Gasteiger partial charge in [-0.15, -0.1) is 0 Å². The number of nitriles is 1. The van der Waals surface area contributed by atoms with Crippen molar-refractivity contribution in [1.82, 2.24) is 9.55 Å². The summed E-state index contributed by atoms with van der Waals surface area (Å²) in [5.74, 6) is -1.26. The van der Waals surface area contributed by atoms with E-state index in [-0.39, 0.29) is 11.3 Å². The third-order valence-electron chi connectivity index (χ3n) is 2.51. The Kier molecular flexibility index (Phi) is 3.39. The van der Waals surface area contributed by atoms with Crippen LogP contribution in [0.25, 0.3) is 0 Å². The van der Waals surface area contributed by atoms with E-state index in [1.54, 1.807) is 16.7 Å². The molecule has 0 aliphatic rings. The van der Waals surface area contributed by atoms with E-state index in [1.807, 2.05) is 6.07 Å². The molecule has 6 heteroatoms. The second kappa shape index (κ2) is 5.14. The van der Waals surface area contributed by atoms with Crippen molar-refractivity contribution < 1.29 is 9.90 Å². The van der Waals surface area contributed by atoms with Gasteiger partial charge in [0.1, 0.15) is 17.3 Å². The molecule has 1 N–H and O–H groups in total. The zero-order valence-corrected chi connectivity index (χ0v) is 9.78. The van der Waals surface area contributed by atoms with E-state index >= 15 is 0 Å². The fraction of sp³-hybridized carbons (Fsp3) is 0.0769. The van der Waals surface area contributed by atoms with Gasteiger partial charge in [-0.25, -0.2) is 9.78 Å². The molecule has 0 bridgehead atoms. The molecule has 2 rings (SSSR count). The molecule has 0 saturated carbocycles. The van der Waals surface area contributed by atoms with Crippen LogP contribution in [0.5, 0.6) is 0 Å². The maximum Gasteiger partial charge on any atom is 0.341 e. The maximum absolute atomic E-state index is 11.3. The number of nitrogens with zero attached hydrogens (tertiary/aromatic N) is 3. The number of carboxylic acid groups (broad SMARTS) is 1. The molecule has 19 heavy (non-hydrogen) atoms. The summed E-state index contributed by atoms with van der Waals surface area (Å²) < 4.78 is 1.57. The van der Waals surface area contributed by atoms with E-state index in [0.717, 1.165) is 5.56 Å². The first kappa shape index (κ1) is 12.5. The lowest BCUT2D eigenvalue weighted by molar-refractivity contribution is 0.0694. The van der Waals surface area contributed by atoms with Gasteiger partial charge in [-0.3, -0.25) is 4.79 Å². The molecule has 0 fully saturated rings. The topological polar surface area (TPSA) is 96.0 Å². The van der Waals surface area contributed by atoms with Crippen LogP contribution in [0.3, 0.4) is 0 Å². The van der Waals surface area contributed by atoms with Crippen LogP contribution in [0.2, 0.25) is 0 Å². The summed E-state index contributed by atoms with van der Waals surface area (Å²) in [5, 5.41) is 17.6. The highest BCUT2D eigenvalue weighted by Crippen LogP contribution is 2.04. The fourth-order valence-electron chi connectivity index (χ4n) is 1.63. The van der Waals surface area contributed by atoms with Gasteiger partial charge in [-0.05, 0) is 17.7 Å². The highest BCUT2D eigenvalue weighted by Gasteiger charge is 2.08. The van der Waals surface area contributed by atoms with Crippen LogP contribution in [0, 0.1) is 11.3 Å². The van der Waals surface area contributed by atoms with Crippen molar-refractivity contribution in [3.8, 4) is 6.07 Å². The van der Waals surface area contributed by atoms with Crippen molar-refractivity contribution in [1.29, 1.82) is 5.26 Å². The second-order valence-corrected chi connectivity index (χ2v) is 3.86. The number of pyridine rings is 2. The molecule has 0 spiro atoms. The Morgan fingerprint density at radius 2 is 2.26 bits per heavy atom. The Morgan fingerprint density at radius 3 is 2.95 bits per heavy atom. The summed E-state index contributed by atoms with van der Waals surface area (Å²) in [5.41, 5.74) is 0.275. The number of rotatable bonds is 3. The zero-order valence-electron chi connectivity index (χ0n) is 9.78. The van der Waals surface area contributed by atoms with Gasteiger partial charge in [-0.1, -0.05) is 0 Å². The molecule has 6 nitrogen and oxygen atoms in total. The predicted octanol–water partition coefficient (Wildman–Crippen LogP) is 0.861. The van der Waals surface area contributed by atoms with Crippen LogP contribution < -0.4 is 5.43 Å². The Morgan fingerprint density at radius 1 is 1.47 bits per heavy atom. The lowest BCUT2D eigenvalue weighted by Crippen LogP contribution is -2.16. The number of hydrogen-bond donors (Lipinski definition) is 1. The van der Waals surface area contributed by atoms with Crippen LogP contribution in [-0.2, 0) is 6.54 Å². The minimum Gasteiger partial charge on any atom is -0.477 e. The Balaban J connectivity index is 2.33. The van der Waals surface area contributed by atoms with Crippen molar-refractivity contribution in [3.63, 3.8) is 0 Å². The molecule has 0 saturated heterocycles. The summed E-state index contributed by atoms with van der Waals surface area (Å²) in [4.78, 5) is 26.0. The molecule has 2 heterocycles. The smallest absolute Gasteiger partial charge is 0.341 e. The minimum atomic E-state index is -1.26. The van der Waals surface area contributed by atoms with Crippen LogP contribution in [0.15, 0.2) is 41.6 Å². The third-order valence-corrected chi connectivity index (χ3v) is 2.51. The van der Waals surface area contributed by atoms with Gasteiger partial charge in [0.15, 0.2) is 5.43 Å². The molecule has 2 aromatic heterocycles. The third kappa shape index (κ3) is 2.84. The summed E-state index contributed by atoms with van der Waals surface area (Å²) in [6.07, 6.45) is 4.28. The Bertz CT molecular complexity index is 728. The van der Waals surface area contributed by atoms with E-state index in [0.29, 0.717) is 6.54 Å². The van der Waals surface area contributed by atoms with Gasteiger partial charge < -0.3 is 9.67 Å². The van der Waals surface area contributed by atoms with E-state index in [1.165, 1.54) is 24.7 Å². The number of aromatic carboxylic acids is 1. The van der Waals surface area contributed by atoms with Gasteiger partial charge in [0.2, 0.25) is 0 Å². The molecule has 0 aliphatic carbocycles. The molecule has 0 aliphatic heterocycles. The highest BCUT2D eigenvalue weighted by molar-refractivity contribution is 5.86. The van der Waals surface area contributed by atoms with Crippen LogP contribution in [-0.4, -0.2) is 20.6 Å². The standard InChI is InChI=1S/C13H9N3O3/c14-6-10-5-9(1-3-15-10)7-16-4-2-12(17)11(8-16)13(18)19/h1-5,8H,7H2,(H,18,19). The molecule has 0 amide bonds. The lowest BCUT2D eigenvalue weighted by atomic mass is 10.2. The lowest BCUT2D eigenvalue weighted by Gasteiger charge is -2.07. The quantitative estimate of drug-likeness (QED) is 0.877. The Labute approximate surface area is 108 Å². The predicted molar refractivity (Wildman–Crippen MR) is 65.7 cm³/mol.